The van der Waals surface area contributed by atoms with Gasteiger partial charge in [0.05, 0.1) is 5.56 Å². The lowest BCUT2D eigenvalue weighted by molar-refractivity contribution is 0.0703. The van der Waals surface area contributed by atoms with Crippen molar-refractivity contribution in [3.8, 4) is 5.75 Å². The Hall–Kier alpha value is -2.41. The van der Waals surface area contributed by atoms with E-state index < -0.39 is 0 Å². The van der Waals surface area contributed by atoms with Gasteiger partial charge in [-0.15, -0.1) is 10.2 Å². The Labute approximate surface area is 166 Å². The molecule has 150 valence electrons. The molecule has 0 unspecified atom stereocenters. The first-order valence-corrected chi connectivity index (χ1v) is 10.4. The molecule has 0 aliphatic carbocycles. The highest BCUT2D eigenvalue weighted by Gasteiger charge is 2.25. The molecule has 0 radical (unpaired) electrons. The van der Waals surface area contributed by atoms with Crippen molar-refractivity contribution in [2.45, 2.75) is 44.8 Å². The third-order valence-corrected chi connectivity index (χ3v) is 5.73. The fourth-order valence-corrected chi connectivity index (χ4v) is 4.04. The second kappa shape index (κ2) is 9.19. The molecule has 7 heteroatoms. The third kappa shape index (κ3) is 4.70. The topological polar surface area (TPSA) is 63.5 Å². The Morgan fingerprint density at radius 3 is 2.43 bits per heavy atom. The van der Waals surface area contributed by atoms with E-state index in [0.29, 0.717) is 5.56 Å². The summed E-state index contributed by atoms with van der Waals surface area (Å²) in [5.74, 6) is 0.850. The molecule has 0 saturated carbocycles. The van der Waals surface area contributed by atoms with Gasteiger partial charge < -0.3 is 19.1 Å². The molecule has 1 aromatic carbocycles. The molecular weight excluding hydrogens is 354 g/mol. The van der Waals surface area contributed by atoms with Crippen molar-refractivity contribution in [2.75, 3.05) is 32.7 Å². The number of likely N-dealkylation sites (tertiary alicyclic amines) is 2. The van der Waals surface area contributed by atoms with Crippen LogP contribution in [0, 0.1) is 0 Å². The number of nitrogens with zero attached hydrogens (tertiary/aromatic N) is 5. The van der Waals surface area contributed by atoms with E-state index in [4.69, 9.17) is 4.74 Å². The van der Waals surface area contributed by atoms with Gasteiger partial charge in [-0.05, 0) is 44.2 Å². The lowest BCUT2D eigenvalue weighted by Crippen LogP contribution is -2.40. The average molecular weight is 383 g/mol. The maximum absolute atomic E-state index is 12.9. The minimum atomic E-state index is 0.113. The minimum absolute atomic E-state index is 0.113. The molecule has 0 atom stereocenters. The largest absolute Gasteiger partial charge is 0.489 e. The number of rotatable bonds is 6. The molecule has 28 heavy (non-hydrogen) atoms. The van der Waals surface area contributed by atoms with Crippen LogP contribution in [0.15, 0.2) is 36.9 Å². The summed E-state index contributed by atoms with van der Waals surface area (Å²) in [4.78, 5) is 17.4. The fourth-order valence-electron chi connectivity index (χ4n) is 4.04. The molecule has 2 saturated heterocycles. The van der Waals surface area contributed by atoms with Crippen molar-refractivity contribution >= 4 is 5.91 Å². The van der Waals surface area contributed by atoms with Gasteiger partial charge in [-0.25, -0.2) is 0 Å². The SMILES string of the molecule is O=C(c1ccccc1OC1CCN(CCn2cnnc2)CC1)N1CCCCC1. The van der Waals surface area contributed by atoms with Gasteiger partial charge in [0.15, 0.2) is 0 Å². The summed E-state index contributed by atoms with van der Waals surface area (Å²) in [6.45, 7) is 5.64. The number of amides is 1. The Balaban J connectivity index is 1.30. The van der Waals surface area contributed by atoms with Crippen LogP contribution in [-0.2, 0) is 6.54 Å². The van der Waals surface area contributed by atoms with Crippen molar-refractivity contribution in [3.63, 3.8) is 0 Å². The second-order valence-corrected chi connectivity index (χ2v) is 7.71. The quantitative estimate of drug-likeness (QED) is 0.767. The van der Waals surface area contributed by atoms with Crippen LogP contribution in [0.5, 0.6) is 5.75 Å². The first-order chi connectivity index (χ1) is 13.8. The predicted octanol–water partition coefficient (Wildman–Crippen LogP) is 2.45. The zero-order valence-corrected chi connectivity index (χ0v) is 16.4. The van der Waals surface area contributed by atoms with E-state index in [1.54, 1.807) is 12.7 Å². The molecule has 0 bridgehead atoms. The van der Waals surface area contributed by atoms with Crippen molar-refractivity contribution in [2.24, 2.45) is 0 Å². The van der Waals surface area contributed by atoms with Crippen LogP contribution in [0.2, 0.25) is 0 Å². The number of hydrogen-bond acceptors (Lipinski definition) is 5. The van der Waals surface area contributed by atoms with Crippen molar-refractivity contribution in [1.29, 1.82) is 0 Å². The summed E-state index contributed by atoms with van der Waals surface area (Å²) in [5.41, 5.74) is 0.708. The summed E-state index contributed by atoms with van der Waals surface area (Å²) < 4.78 is 8.30. The first-order valence-electron chi connectivity index (χ1n) is 10.4. The van der Waals surface area contributed by atoms with E-state index >= 15 is 0 Å². The molecular formula is C21H29N5O2. The highest BCUT2D eigenvalue weighted by molar-refractivity contribution is 5.97. The summed E-state index contributed by atoms with van der Waals surface area (Å²) in [6, 6.07) is 7.73. The Morgan fingerprint density at radius 1 is 0.964 bits per heavy atom. The number of ether oxygens (including phenoxy) is 1. The summed E-state index contributed by atoms with van der Waals surface area (Å²) in [7, 11) is 0. The predicted molar refractivity (Wildman–Crippen MR) is 106 cm³/mol. The van der Waals surface area contributed by atoms with Crippen LogP contribution in [0.3, 0.4) is 0 Å². The van der Waals surface area contributed by atoms with E-state index in [0.717, 1.165) is 70.7 Å². The normalized spacial score (nSPS) is 18.9. The van der Waals surface area contributed by atoms with Crippen LogP contribution in [0.25, 0.3) is 0 Å². The van der Waals surface area contributed by atoms with Crippen LogP contribution in [0.4, 0.5) is 0 Å². The Kier molecular flexibility index (Phi) is 6.21. The van der Waals surface area contributed by atoms with Crippen LogP contribution < -0.4 is 4.74 Å². The number of carbonyl (C=O) groups excluding carboxylic acids is 1. The van der Waals surface area contributed by atoms with E-state index in [1.807, 2.05) is 33.7 Å². The zero-order valence-electron chi connectivity index (χ0n) is 16.4. The highest BCUT2D eigenvalue weighted by atomic mass is 16.5. The molecule has 0 spiro atoms. The fraction of sp³-hybridized carbons (Fsp3) is 0.571. The van der Waals surface area contributed by atoms with Crippen LogP contribution in [0.1, 0.15) is 42.5 Å². The molecule has 0 N–H and O–H groups in total. The molecule has 2 aromatic rings. The lowest BCUT2D eigenvalue weighted by atomic mass is 10.1. The molecule has 7 nitrogen and oxygen atoms in total. The van der Waals surface area contributed by atoms with Gasteiger partial charge in [0.1, 0.15) is 24.5 Å². The van der Waals surface area contributed by atoms with Crippen molar-refractivity contribution in [3.05, 3.63) is 42.5 Å². The Morgan fingerprint density at radius 2 is 1.68 bits per heavy atom. The lowest BCUT2D eigenvalue weighted by Gasteiger charge is -2.33. The van der Waals surface area contributed by atoms with E-state index in [2.05, 4.69) is 15.1 Å². The maximum atomic E-state index is 12.9. The number of carbonyl (C=O) groups is 1. The smallest absolute Gasteiger partial charge is 0.257 e. The van der Waals surface area contributed by atoms with Gasteiger partial charge in [-0.2, -0.15) is 0 Å². The molecule has 2 aliphatic rings. The number of aromatic nitrogens is 3. The zero-order chi connectivity index (χ0) is 19.2. The highest BCUT2D eigenvalue weighted by Crippen LogP contribution is 2.25. The standard InChI is InChI=1S/C21H29N5O2/c27-21(26-10-4-1-5-11-26)19-6-2-3-7-20(19)28-18-8-12-24(13-9-18)14-15-25-16-22-23-17-25/h2-3,6-7,16-18H,1,4-5,8-15H2. The second-order valence-electron chi connectivity index (χ2n) is 7.71. The molecule has 4 rings (SSSR count). The molecule has 1 aromatic heterocycles. The number of hydrogen-bond donors (Lipinski definition) is 0. The summed E-state index contributed by atoms with van der Waals surface area (Å²) in [6.07, 6.45) is 9.06. The third-order valence-electron chi connectivity index (χ3n) is 5.73. The number of piperidine rings is 2. The van der Waals surface area contributed by atoms with E-state index in [1.165, 1.54) is 6.42 Å². The monoisotopic (exact) mass is 383 g/mol. The molecule has 2 aliphatic heterocycles. The average Bonchev–Trinajstić information content (AvgIpc) is 3.27. The van der Waals surface area contributed by atoms with Crippen molar-refractivity contribution < 1.29 is 9.53 Å². The minimum Gasteiger partial charge on any atom is -0.489 e. The van der Waals surface area contributed by atoms with Gasteiger partial charge in [0.25, 0.3) is 5.91 Å². The summed E-state index contributed by atoms with van der Waals surface area (Å²) >= 11 is 0. The van der Waals surface area contributed by atoms with Gasteiger partial charge in [-0.1, -0.05) is 12.1 Å². The summed E-state index contributed by atoms with van der Waals surface area (Å²) in [5, 5.41) is 7.69. The van der Waals surface area contributed by atoms with Crippen LogP contribution >= 0.6 is 0 Å². The van der Waals surface area contributed by atoms with Crippen molar-refractivity contribution in [1.82, 2.24) is 24.6 Å². The van der Waals surface area contributed by atoms with Crippen LogP contribution in [-0.4, -0.2) is 69.3 Å². The van der Waals surface area contributed by atoms with Gasteiger partial charge in [0, 0.05) is 39.3 Å². The number of para-hydroxylation sites is 1. The Bertz CT molecular complexity index is 750. The first kappa shape index (κ1) is 18.9. The molecule has 1 amide bonds. The number of benzene rings is 1. The van der Waals surface area contributed by atoms with Gasteiger partial charge >= 0.3 is 0 Å². The molecule has 3 heterocycles. The van der Waals surface area contributed by atoms with E-state index in [-0.39, 0.29) is 12.0 Å². The van der Waals surface area contributed by atoms with Gasteiger partial charge in [0.2, 0.25) is 0 Å². The maximum Gasteiger partial charge on any atom is 0.257 e. The van der Waals surface area contributed by atoms with Gasteiger partial charge in [-0.3, -0.25) is 4.79 Å². The molecule has 2 fully saturated rings. The van der Waals surface area contributed by atoms with E-state index in [9.17, 15) is 4.79 Å².